The summed E-state index contributed by atoms with van der Waals surface area (Å²) in [5.41, 5.74) is 1.93. The lowest BCUT2D eigenvalue weighted by Crippen LogP contribution is -2.17. The van der Waals surface area contributed by atoms with Crippen LogP contribution in [0, 0.1) is 6.92 Å². The van der Waals surface area contributed by atoms with Gasteiger partial charge in [0.05, 0.1) is 19.9 Å². The van der Waals surface area contributed by atoms with Gasteiger partial charge in [-0.2, -0.15) is 9.78 Å². The predicted molar refractivity (Wildman–Crippen MR) is 116 cm³/mol. The number of anilines is 1. The second-order valence-corrected chi connectivity index (χ2v) is 7.29. The number of nitrogens with one attached hydrogen (secondary N) is 2. The topological polar surface area (TPSA) is 111 Å². The summed E-state index contributed by atoms with van der Waals surface area (Å²) in [7, 11) is 3.12. The van der Waals surface area contributed by atoms with Crippen LogP contribution < -0.4 is 20.3 Å². The first kappa shape index (κ1) is 20.4. The van der Waals surface area contributed by atoms with Crippen LogP contribution in [0.3, 0.4) is 0 Å². The zero-order chi connectivity index (χ0) is 22.0. The van der Waals surface area contributed by atoms with Crippen molar-refractivity contribution in [2.75, 3.05) is 19.5 Å². The summed E-state index contributed by atoms with van der Waals surface area (Å²) in [6.07, 6.45) is 5.21. The molecule has 0 spiro atoms. The first-order valence-corrected chi connectivity index (χ1v) is 9.86. The van der Waals surface area contributed by atoms with Crippen LogP contribution in [-0.2, 0) is 4.79 Å². The molecule has 1 amide bonds. The lowest BCUT2D eigenvalue weighted by Gasteiger charge is -2.08. The number of ether oxygens (including phenoxy) is 2. The molecule has 1 fully saturated rings. The van der Waals surface area contributed by atoms with Gasteiger partial charge in [-0.15, -0.1) is 0 Å². The molecule has 1 aliphatic rings. The molecule has 4 rings (SSSR count). The van der Waals surface area contributed by atoms with Crippen molar-refractivity contribution >= 4 is 17.8 Å². The summed E-state index contributed by atoms with van der Waals surface area (Å²) < 4.78 is 12.0. The number of aromatic amines is 1. The first-order chi connectivity index (χ1) is 15.0. The van der Waals surface area contributed by atoms with Crippen LogP contribution in [0.1, 0.15) is 35.7 Å². The van der Waals surface area contributed by atoms with Gasteiger partial charge in [0, 0.05) is 29.8 Å². The molecule has 0 atom stereocenters. The van der Waals surface area contributed by atoms with Crippen molar-refractivity contribution < 1.29 is 14.3 Å². The van der Waals surface area contributed by atoms with E-state index in [1.807, 2.05) is 12.1 Å². The lowest BCUT2D eigenvalue weighted by atomic mass is 10.2. The highest BCUT2D eigenvalue weighted by Gasteiger charge is 2.28. The van der Waals surface area contributed by atoms with Crippen molar-refractivity contribution in [1.82, 2.24) is 19.7 Å². The number of carbonyl (C=O) groups is 1. The van der Waals surface area contributed by atoms with E-state index in [2.05, 4.69) is 20.4 Å². The third-order valence-corrected chi connectivity index (χ3v) is 4.87. The molecule has 1 aromatic carbocycles. The largest absolute Gasteiger partial charge is 0.493 e. The normalized spacial score (nSPS) is 13.4. The van der Waals surface area contributed by atoms with Crippen LogP contribution >= 0.6 is 0 Å². The van der Waals surface area contributed by atoms with Crippen LogP contribution in [-0.4, -0.2) is 39.9 Å². The number of amides is 1. The van der Waals surface area contributed by atoms with Gasteiger partial charge in [-0.05, 0) is 43.5 Å². The van der Waals surface area contributed by atoms with E-state index in [1.54, 1.807) is 39.4 Å². The van der Waals surface area contributed by atoms with E-state index in [9.17, 15) is 9.59 Å². The molecule has 9 nitrogen and oxygen atoms in total. The summed E-state index contributed by atoms with van der Waals surface area (Å²) in [6.45, 7) is 1.73. The van der Waals surface area contributed by atoms with Gasteiger partial charge >= 0.3 is 0 Å². The molecule has 0 aliphatic heterocycles. The average molecular weight is 421 g/mol. The molecule has 0 unspecified atom stereocenters. The number of hydrogen-bond donors (Lipinski definition) is 2. The lowest BCUT2D eigenvalue weighted by molar-refractivity contribution is -0.111. The molecule has 2 N–H and O–H groups in total. The van der Waals surface area contributed by atoms with E-state index in [4.69, 9.17) is 9.47 Å². The molecule has 2 aromatic heterocycles. The van der Waals surface area contributed by atoms with E-state index >= 15 is 0 Å². The number of hydrogen-bond acceptors (Lipinski definition) is 6. The van der Waals surface area contributed by atoms with Gasteiger partial charge in [0.15, 0.2) is 11.5 Å². The van der Waals surface area contributed by atoms with E-state index < -0.39 is 0 Å². The Balaban J connectivity index is 1.58. The maximum atomic E-state index is 12.6. The summed E-state index contributed by atoms with van der Waals surface area (Å²) in [5, 5.41) is 7.38. The van der Waals surface area contributed by atoms with E-state index in [0.717, 1.165) is 24.1 Å². The molecule has 9 heteroatoms. The summed E-state index contributed by atoms with van der Waals surface area (Å²) in [4.78, 5) is 31.5. The van der Waals surface area contributed by atoms with Crippen molar-refractivity contribution in [3.8, 4) is 17.4 Å². The Kier molecular flexibility index (Phi) is 5.57. The minimum absolute atomic E-state index is 0.260. The van der Waals surface area contributed by atoms with Crippen LogP contribution in [0.15, 0.2) is 41.2 Å². The summed E-state index contributed by atoms with van der Waals surface area (Å²) in [6, 6.07) is 8.59. The molecular weight excluding hydrogens is 398 g/mol. The number of rotatable bonds is 7. The monoisotopic (exact) mass is 421 g/mol. The molecule has 3 aromatic rings. The molecule has 1 saturated carbocycles. The Labute approximate surface area is 178 Å². The Morgan fingerprint density at radius 2 is 1.97 bits per heavy atom. The second-order valence-electron chi connectivity index (χ2n) is 7.29. The zero-order valence-corrected chi connectivity index (χ0v) is 17.5. The number of benzene rings is 1. The number of aryl methyl sites for hydroxylation is 1. The number of aromatic nitrogens is 4. The molecule has 2 heterocycles. The highest BCUT2D eigenvalue weighted by atomic mass is 16.5. The Morgan fingerprint density at radius 1 is 1.19 bits per heavy atom. The molecule has 0 saturated heterocycles. The third-order valence-electron chi connectivity index (χ3n) is 4.87. The van der Waals surface area contributed by atoms with Gasteiger partial charge in [0.2, 0.25) is 11.9 Å². The van der Waals surface area contributed by atoms with Gasteiger partial charge in [-0.1, -0.05) is 6.07 Å². The number of methoxy groups -OCH3 is 2. The highest BCUT2D eigenvalue weighted by Crippen LogP contribution is 2.40. The van der Waals surface area contributed by atoms with Crippen molar-refractivity contribution in [3.63, 3.8) is 0 Å². The maximum absolute atomic E-state index is 12.6. The summed E-state index contributed by atoms with van der Waals surface area (Å²) in [5.74, 6) is 1.92. The van der Waals surface area contributed by atoms with Gasteiger partial charge in [0.1, 0.15) is 5.82 Å². The smallest absolute Gasteiger partial charge is 0.252 e. The van der Waals surface area contributed by atoms with Gasteiger partial charge in [-0.25, -0.2) is 4.98 Å². The minimum atomic E-state index is -0.340. The van der Waals surface area contributed by atoms with Gasteiger partial charge in [-0.3, -0.25) is 14.6 Å². The highest BCUT2D eigenvalue weighted by molar-refractivity contribution is 6.01. The molecule has 0 radical (unpaired) electrons. The van der Waals surface area contributed by atoms with Crippen LogP contribution in [0.4, 0.5) is 5.82 Å². The minimum Gasteiger partial charge on any atom is -0.493 e. The third kappa shape index (κ3) is 4.66. The Morgan fingerprint density at radius 3 is 2.65 bits per heavy atom. The molecule has 31 heavy (non-hydrogen) atoms. The SMILES string of the molecule is COc1ccc(/C=C/C(=O)Nc2cc(C3CC3)nn2-c2nc(C)cc(=O)[nH]2)cc1OC. The fourth-order valence-electron chi connectivity index (χ4n) is 3.19. The fourth-order valence-corrected chi connectivity index (χ4v) is 3.19. The molecule has 1 aliphatic carbocycles. The Hall–Kier alpha value is -3.88. The maximum Gasteiger partial charge on any atom is 0.252 e. The zero-order valence-electron chi connectivity index (χ0n) is 17.5. The molecular formula is C22H23N5O4. The first-order valence-electron chi connectivity index (χ1n) is 9.86. The van der Waals surface area contributed by atoms with Crippen LogP contribution in [0.2, 0.25) is 0 Å². The van der Waals surface area contributed by atoms with E-state index in [0.29, 0.717) is 28.9 Å². The second kappa shape index (κ2) is 8.47. The molecule has 0 bridgehead atoms. The van der Waals surface area contributed by atoms with Crippen LogP contribution in [0.5, 0.6) is 11.5 Å². The fraction of sp³-hybridized carbons (Fsp3) is 0.273. The summed E-state index contributed by atoms with van der Waals surface area (Å²) >= 11 is 0. The van der Waals surface area contributed by atoms with E-state index in [1.165, 1.54) is 16.8 Å². The molecule has 160 valence electrons. The quantitative estimate of drug-likeness (QED) is 0.568. The van der Waals surface area contributed by atoms with Crippen molar-refractivity contribution in [2.45, 2.75) is 25.7 Å². The number of carbonyl (C=O) groups excluding carboxylic acids is 1. The number of H-pyrrole nitrogens is 1. The van der Waals surface area contributed by atoms with Crippen molar-refractivity contribution in [1.29, 1.82) is 0 Å². The number of nitrogens with zero attached hydrogens (tertiary/aromatic N) is 3. The van der Waals surface area contributed by atoms with Crippen molar-refractivity contribution in [3.05, 3.63) is 63.7 Å². The van der Waals surface area contributed by atoms with Crippen molar-refractivity contribution in [2.24, 2.45) is 0 Å². The van der Waals surface area contributed by atoms with Crippen LogP contribution in [0.25, 0.3) is 12.0 Å². The van der Waals surface area contributed by atoms with Gasteiger partial charge < -0.3 is 14.8 Å². The Bertz CT molecular complexity index is 1210. The predicted octanol–water partition coefficient (Wildman–Crippen LogP) is 2.81. The van der Waals surface area contributed by atoms with Gasteiger partial charge in [0.25, 0.3) is 5.56 Å². The van der Waals surface area contributed by atoms with E-state index in [-0.39, 0.29) is 17.4 Å². The standard InChI is InChI=1S/C22H23N5O4/c1-13-10-21(29)25-22(23-13)27-19(12-16(26-27)15-6-7-15)24-20(28)9-5-14-4-8-17(30-2)18(11-14)31-3/h4-5,8-12,15H,6-7H2,1-3H3,(H,24,28)(H,23,25,29)/b9-5+. The average Bonchev–Trinajstić information content (AvgIpc) is 3.52.